The predicted molar refractivity (Wildman–Crippen MR) is 199 cm³/mol. The Hall–Kier alpha value is -6.05. The van der Waals surface area contributed by atoms with Crippen LogP contribution in [0.1, 0.15) is 31.1 Å². The highest BCUT2D eigenvalue weighted by molar-refractivity contribution is 7.85. The Kier molecular flexibility index (Phi) is 19.6. The standard InChI is InChI=1S/C35H47N6O19S/c1-22(42)55-29-30(56-23(2)43)32(57-24(3)44)35(59-31(29)34(47)51-6)58-26-8-7-25(19-27(26)60-61(48,49)41-11-10-39(4)21-41)33(46)40(20-28(45)50-5)12-14-53-16-18-54-17-15-52-13-9-37-38-36/h7-8,10-11,19,21,29-32,35H,9,12-18,20H2,1-6H3/q+1/t29-,30-,31-,32+,35+/m0/s1. The molecule has 1 saturated heterocycles. The van der Waals surface area contributed by atoms with Gasteiger partial charge in [0.1, 0.15) is 12.7 Å². The van der Waals surface area contributed by atoms with E-state index in [9.17, 15) is 37.2 Å². The highest BCUT2D eigenvalue weighted by atomic mass is 32.2. The fourth-order valence-corrected chi connectivity index (χ4v) is 6.25. The van der Waals surface area contributed by atoms with Gasteiger partial charge in [0, 0.05) is 44.3 Å². The first kappa shape index (κ1) is 49.3. The van der Waals surface area contributed by atoms with Crippen LogP contribution in [0.3, 0.4) is 0 Å². The number of carbonyl (C=O) groups excluding carboxylic acids is 6. The van der Waals surface area contributed by atoms with E-state index in [1.54, 1.807) is 0 Å². The van der Waals surface area contributed by atoms with Crippen molar-refractivity contribution in [2.75, 3.05) is 73.5 Å². The SMILES string of the molecule is COC(=O)CN(CCOCCOCCOCCN=[N+]=[N-])C(=O)c1ccc(O[C@@H]2O[C@H](C(=O)OC)[C@@H](OC(C)=O)[C@H](OC(C)=O)[C@H]2OC(C)=O)c(OS(=O)(=O)n2cc[n+](C)c2)c1. The molecule has 0 saturated carbocycles. The van der Waals surface area contributed by atoms with E-state index in [1.807, 2.05) is 0 Å². The number of methoxy groups -OCH3 is 2. The lowest BCUT2D eigenvalue weighted by molar-refractivity contribution is -0.670. The number of benzene rings is 1. The third kappa shape index (κ3) is 15.5. The molecular weight excluding hydrogens is 840 g/mol. The Labute approximate surface area is 349 Å². The molecule has 25 nitrogen and oxygen atoms in total. The zero-order valence-electron chi connectivity index (χ0n) is 34.1. The molecule has 1 amide bonds. The molecule has 1 aromatic carbocycles. The van der Waals surface area contributed by atoms with Gasteiger partial charge < -0.3 is 56.5 Å². The quantitative estimate of drug-likeness (QED) is 0.0245. The van der Waals surface area contributed by atoms with Gasteiger partial charge in [-0.05, 0) is 23.7 Å². The van der Waals surface area contributed by atoms with Crippen molar-refractivity contribution in [3.63, 3.8) is 0 Å². The van der Waals surface area contributed by atoms with Crippen LogP contribution in [-0.2, 0) is 84.0 Å². The first-order chi connectivity index (χ1) is 29.0. The van der Waals surface area contributed by atoms with Crippen LogP contribution in [0, 0.1) is 0 Å². The van der Waals surface area contributed by atoms with Crippen molar-refractivity contribution in [2.24, 2.45) is 12.2 Å². The third-order valence-corrected chi connectivity index (χ3v) is 9.07. The zero-order valence-corrected chi connectivity index (χ0v) is 34.9. The number of hydrogen-bond donors (Lipinski definition) is 0. The molecule has 2 heterocycles. The van der Waals surface area contributed by atoms with Crippen molar-refractivity contribution in [1.29, 1.82) is 0 Å². The summed E-state index contributed by atoms with van der Waals surface area (Å²) in [6.07, 6.45) is -5.38. The van der Waals surface area contributed by atoms with Crippen molar-refractivity contribution < 1.29 is 93.3 Å². The van der Waals surface area contributed by atoms with E-state index in [0.29, 0.717) is 3.97 Å². The summed E-state index contributed by atoms with van der Waals surface area (Å²) in [5.74, 6) is -6.76. The second-order valence-electron chi connectivity index (χ2n) is 12.5. The van der Waals surface area contributed by atoms with Crippen LogP contribution in [0.15, 0.2) is 42.0 Å². The number of amides is 1. The smallest absolute Gasteiger partial charge is 0.468 e. The summed E-state index contributed by atoms with van der Waals surface area (Å²) < 4.78 is 88.2. The largest absolute Gasteiger partial charge is 0.491 e. The van der Waals surface area contributed by atoms with E-state index >= 15 is 0 Å². The summed E-state index contributed by atoms with van der Waals surface area (Å²) in [5.41, 5.74) is 8.05. The molecule has 0 aliphatic carbocycles. The maximum absolute atomic E-state index is 13.9. The number of azide groups is 1. The second kappa shape index (κ2) is 24.3. The number of rotatable bonds is 24. The van der Waals surface area contributed by atoms with Gasteiger partial charge in [0.2, 0.25) is 12.4 Å². The van der Waals surface area contributed by atoms with Gasteiger partial charge in [-0.1, -0.05) is 9.09 Å². The molecule has 1 aliphatic heterocycles. The minimum absolute atomic E-state index is 0.0753. The lowest BCUT2D eigenvalue weighted by Crippen LogP contribution is -2.64. The number of imidazole rings is 1. The van der Waals surface area contributed by atoms with E-state index < -0.39 is 94.8 Å². The number of hydrogen-bond acceptors (Lipinski definition) is 20. The monoisotopic (exact) mass is 887 g/mol. The lowest BCUT2D eigenvalue weighted by atomic mass is 9.97. The molecule has 3 rings (SSSR count). The molecule has 61 heavy (non-hydrogen) atoms. The van der Waals surface area contributed by atoms with Crippen LogP contribution in [0.4, 0.5) is 0 Å². The van der Waals surface area contributed by atoms with E-state index in [4.69, 9.17) is 57.1 Å². The molecule has 0 spiro atoms. The molecule has 1 aliphatic rings. The fraction of sp³-hybridized carbons (Fsp3) is 0.571. The van der Waals surface area contributed by atoms with Crippen LogP contribution < -0.4 is 13.5 Å². The number of aromatic nitrogens is 2. The molecular formula is C35H47N6O19S+. The summed E-state index contributed by atoms with van der Waals surface area (Å²) >= 11 is 0. The second-order valence-corrected chi connectivity index (χ2v) is 13.9. The van der Waals surface area contributed by atoms with Crippen LogP contribution in [0.5, 0.6) is 11.5 Å². The van der Waals surface area contributed by atoms with Gasteiger partial charge in [-0.25, -0.2) is 9.36 Å². The van der Waals surface area contributed by atoms with Gasteiger partial charge in [0.25, 0.3) is 12.2 Å². The number of nitrogens with zero attached hydrogens (tertiary/aromatic N) is 6. The molecule has 0 unspecified atom stereocenters. The predicted octanol–water partition coefficient (Wildman–Crippen LogP) is -0.468. The Morgan fingerprint density at radius 3 is 2.03 bits per heavy atom. The normalized spacial score (nSPS) is 18.4. The highest BCUT2D eigenvalue weighted by Crippen LogP contribution is 2.36. The van der Waals surface area contributed by atoms with Gasteiger partial charge in [-0.2, -0.15) is 0 Å². The number of carbonyl (C=O) groups is 6. The molecule has 1 aromatic heterocycles. The molecule has 0 N–H and O–H groups in total. The Morgan fingerprint density at radius 1 is 0.852 bits per heavy atom. The molecule has 1 fully saturated rings. The van der Waals surface area contributed by atoms with Crippen molar-refractivity contribution in [2.45, 2.75) is 51.5 Å². The van der Waals surface area contributed by atoms with E-state index in [1.165, 1.54) is 23.9 Å². The Morgan fingerprint density at radius 2 is 1.46 bits per heavy atom. The number of esters is 5. The molecule has 26 heteroatoms. The fourth-order valence-electron chi connectivity index (χ4n) is 5.34. The molecule has 0 radical (unpaired) electrons. The average Bonchev–Trinajstić information content (AvgIpc) is 3.66. The van der Waals surface area contributed by atoms with E-state index in [2.05, 4.69) is 10.0 Å². The molecule has 2 aromatic rings. The van der Waals surface area contributed by atoms with Crippen LogP contribution >= 0.6 is 0 Å². The minimum Gasteiger partial charge on any atom is -0.468 e. The third-order valence-electron chi connectivity index (χ3n) is 7.95. The Balaban J connectivity index is 1.97. The first-order valence-electron chi connectivity index (χ1n) is 18.1. The Bertz CT molecular complexity index is 2010. The summed E-state index contributed by atoms with van der Waals surface area (Å²) in [5, 5.41) is 3.35. The van der Waals surface area contributed by atoms with Crippen molar-refractivity contribution in [1.82, 2.24) is 8.87 Å². The maximum Gasteiger partial charge on any atom is 0.491 e. The maximum atomic E-state index is 13.9. The molecule has 0 bridgehead atoms. The van der Waals surface area contributed by atoms with E-state index in [-0.39, 0.29) is 58.3 Å². The van der Waals surface area contributed by atoms with Crippen molar-refractivity contribution in [3.05, 3.63) is 52.9 Å². The first-order valence-corrected chi connectivity index (χ1v) is 19.5. The summed E-state index contributed by atoms with van der Waals surface area (Å²) in [6.45, 7) is 3.37. The highest BCUT2D eigenvalue weighted by Gasteiger charge is 2.56. The number of aryl methyl sites for hydroxylation is 1. The molecule has 336 valence electrons. The van der Waals surface area contributed by atoms with Gasteiger partial charge in [0.15, 0.2) is 36.0 Å². The lowest BCUT2D eigenvalue weighted by Gasteiger charge is -2.43. The van der Waals surface area contributed by atoms with Gasteiger partial charge in [-0.15, -0.1) is 8.42 Å². The van der Waals surface area contributed by atoms with Gasteiger partial charge in [0.05, 0.1) is 60.9 Å². The zero-order chi connectivity index (χ0) is 45.1. The summed E-state index contributed by atoms with van der Waals surface area (Å²) in [4.78, 5) is 79.7. The van der Waals surface area contributed by atoms with Crippen LogP contribution in [0.2, 0.25) is 0 Å². The molecule has 5 atom stereocenters. The van der Waals surface area contributed by atoms with Gasteiger partial charge in [-0.3, -0.25) is 24.0 Å². The summed E-state index contributed by atoms with van der Waals surface area (Å²) in [7, 11) is -1.11. The summed E-state index contributed by atoms with van der Waals surface area (Å²) in [6, 6.07) is 3.23. The number of ether oxygens (including phenoxy) is 10. The van der Waals surface area contributed by atoms with Gasteiger partial charge >= 0.3 is 40.2 Å². The average molecular weight is 888 g/mol. The van der Waals surface area contributed by atoms with Crippen molar-refractivity contribution >= 4 is 46.1 Å². The topological polar surface area (TPSA) is 299 Å². The van der Waals surface area contributed by atoms with Crippen molar-refractivity contribution in [3.8, 4) is 11.5 Å². The minimum atomic E-state index is -4.75. The van der Waals surface area contributed by atoms with Crippen LogP contribution in [0.25, 0.3) is 10.4 Å². The van der Waals surface area contributed by atoms with Crippen LogP contribution in [-0.4, -0.2) is 157 Å². The van der Waals surface area contributed by atoms with E-state index in [0.717, 1.165) is 64.5 Å².